The predicted molar refractivity (Wildman–Crippen MR) is 155 cm³/mol. The van der Waals surface area contributed by atoms with Gasteiger partial charge in [-0.1, -0.05) is 17.7 Å². The minimum atomic E-state index is -3.65. The molecule has 0 bridgehead atoms. The zero-order chi connectivity index (χ0) is 28.6. The highest BCUT2D eigenvalue weighted by atomic mass is 35.5. The predicted octanol–water partition coefficient (Wildman–Crippen LogP) is 4.85. The van der Waals surface area contributed by atoms with E-state index in [0.29, 0.717) is 44.9 Å². The molecule has 0 saturated carbocycles. The summed E-state index contributed by atoms with van der Waals surface area (Å²) in [5.74, 6) is -0.245. The topological polar surface area (TPSA) is 133 Å². The van der Waals surface area contributed by atoms with Crippen molar-refractivity contribution in [3.05, 3.63) is 88.6 Å². The summed E-state index contributed by atoms with van der Waals surface area (Å²) in [6, 6.07) is 16.5. The summed E-state index contributed by atoms with van der Waals surface area (Å²) in [5, 5.41) is 9.28. The molecule has 0 saturated heterocycles. The van der Waals surface area contributed by atoms with Gasteiger partial charge in [-0.25, -0.2) is 22.7 Å². The molecule has 10 nitrogen and oxygen atoms in total. The normalized spacial score (nSPS) is 12.7. The molecule has 3 aromatic carbocycles. The third-order valence-corrected chi connectivity index (χ3v) is 8.41. The molecule has 3 N–H and O–H groups in total. The van der Waals surface area contributed by atoms with Crippen molar-refractivity contribution < 1.29 is 18.0 Å². The van der Waals surface area contributed by atoms with Gasteiger partial charge >= 0.3 is 0 Å². The Morgan fingerprint density at radius 3 is 2.52 bits per heavy atom. The third-order valence-electron chi connectivity index (χ3n) is 6.37. The number of aryl methyl sites for hydroxylation is 1. The fourth-order valence-electron chi connectivity index (χ4n) is 4.16. The fourth-order valence-corrected chi connectivity index (χ4v) is 5.26. The SMILES string of the molecule is Cc1ccc(S(=O)(=O)N(C)C)cc1NC(=O)c1ccc(Nc2ncc3c(n2)-c2ccc(Cl)cc2NC(=O)C3)cc1. The summed E-state index contributed by atoms with van der Waals surface area (Å²) in [4.78, 5) is 34.3. The third kappa shape index (κ3) is 5.53. The lowest BCUT2D eigenvalue weighted by molar-refractivity contribution is -0.115. The molecule has 0 atom stereocenters. The van der Waals surface area contributed by atoms with Crippen LogP contribution in [0.2, 0.25) is 5.02 Å². The summed E-state index contributed by atoms with van der Waals surface area (Å²) < 4.78 is 26.1. The molecule has 4 aromatic rings. The molecule has 0 radical (unpaired) electrons. The van der Waals surface area contributed by atoms with Crippen LogP contribution in [0.4, 0.5) is 23.0 Å². The van der Waals surface area contributed by atoms with Crippen molar-refractivity contribution in [3.8, 4) is 11.3 Å². The molecule has 12 heteroatoms. The standard InChI is InChI=1S/C28H25ClN6O4S/c1-16-4-10-21(40(38,39)35(2)3)14-23(16)33-27(37)17-5-8-20(9-6-17)31-28-30-15-18-12-25(36)32-24-13-19(29)7-11-22(24)26(18)34-28/h4-11,13-15H,12H2,1-3H3,(H,32,36)(H,33,37)(H,30,31,34). The highest BCUT2D eigenvalue weighted by Gasteiger charge is 2.22. The number of carbonyl (C=O) groups is 2. The number of aromatic nitrogens is 2. The number of amides is 2. The van der Waals surface area contributed by atoms with Gasteiger partial charge in [0.05, 0.1) is 22.7 Å². The van der Waals surface area contributed by atoms with E-state index in [2.05, 4.69) is 25.9 Å². The molecule has 204 valence electrons. The number of carbonyl (C=O) groups excluding carboxylic acids is 2. The molecular formula is C28H25ClN6O4S. The molecule has 2 heterocycles. The molecule has 1 aromatic heterocycles. The second-order valence-corrected chi connectivity index (χ2v) is 12.0. The van der Waals surface area contributed by atoms with Crippen LogP contribution in [0.15, 0.2) is 71.8 Å². The molecule has 1 aliphatic rings. The second kappa shape index (κ2) is 10.7. The molecule has 0 spiro atoms. The fraction of sp³-hybridized carbons (Fsp3) is 0.143. The van der Waals surface area contributed by atoms with Crippen molar-refractivity contribution >= 4 is 56.4 Å². The first kappa shape index (κ1) is 27.3. The van der Waals surface area contributed by atoms with Crippen molar-refractivity contribution in [3.63, 3.8) is 0 Å². The van der Waals surface area contributed by atoms with Crippen LogP contribution in [-0.4, -0.2) is 48.6 Å². The maximum absolute atomic E-state index is 12.9. The van der Waals surface area contributed by atoms with E-state index in [0.717, 1.165) is 15.4 Å². The Balaban J connectivity index is 1.34. The van der Waals surface area contributed by atoms with Crippen LogP contribution < -0.4 is 16.0 Å². The Bertz CT molecular complexity index is 1760. The Kier molecular flexibility index (Phi) is 7.28. The maximum Gasteiger partial charge on any atom is 0.255 e. The van der Waals surface area contributed by atoms with Gasteiger partial charge in [-0.2, -0.15) is 0 Å². The van der Waals surface area contributed by atoms with Gasteiger partial charge in [0.1, 0.15) is 0 Å². The van der Waals surface area contributed by atoms with E-state index in [4.69, 9.17) is 11.6 Å². The summed E-state index contributed by atoms with van der Waals surface area (Å²) in [7, 11) is -0.743. The van der Waals surface area contributed by atoms with E-state index < -0.39 is 10.0 Å². The lowest BCUT2D eigenvalue weighted by atomic mass is 10.1. The van der Waals surface area contributed by atoms with Crippen LogP contribution in [0, 0.1) is 6.92 Å². The number of hydrogen-bond donors (Lipinski definition) is 3. The highest BCUT2D eigenvalue weighted by molar-refractivity contribution is 7.89. The van der Waals surface area contributed by atoms with Crippen molar-refractivity contribution in [2.75, 3.05) is 30.0 Å². The first-order valence-electron chi connectivity index (χ1n) is 12.2. The van der Waals surface area contributed by atoms with E-state index in [9.17, 15) is 18.0 Å². The minimum absolute atomic E-state index is 0.0876. The molecular weight excluding hydrogens is 552 g/mol. The zero-order valence-electron chi connectivity index (χ0n) is 21.8. The molecule has 5 rings (SSSR count). The number of fused-ring (bicyclic) bond motifs is 3. The zero-order valence-corrected chi connectivity index (χ0v) is 23.4. The van der Waals surface area contributed by atoms with Gasteiger partial charge in [-0.3, -0.25) is 9.59 Å². The quantitative estimate of drug-likeness (QED) is 0.299. The van der Waals surface area contributed by atoms with Gasteiger partial charge in [-0.15, -0.1) is 0 Å². The van der Waals surface area contributed by atoms with E-state index in [-0.39, 0.29) is 23.1 Å². The summed E-state index contributed by atoms with van der Waals surface area (Å²) in [6.45, 7) is 1.79. The number of anilines is 4. The van der Waals surface area contributed by atoms with Crippen LogP contribution in [0.25, 0.3) is 11.3 Å². The van der Waals surface area contributed by atoms with Crippen LogP contribution >= 0.6 is 11.6 Å². The monoisotopic (exact) mass is 576 g/mol. The Hall–Kier alpha value is -4.32. The smallest absolute Gasteiger partial charge is 0.255 e. The number of nitrogens with zero attached hydrogens (tertiary/aromatic N) is 3. The maximum atomic E-state index is 12.9. The average Bonchev–Trinajstić information content (AvgIpc) is 3.04. The number of sulfonamides is 1. The van der Waals surface area contributed by atoms with Crippen molar-refractivity contribution in [2.24, 2.45) is 0 Å². The molecule has 0 unspecified atom stereocenters. The van der Waals surface area contributed by atoms with Gasteiger partial charge in [0.15, 0.2) is 0 Å². The highest BCUT2D eigenvalue weighted by Crippen LogP contribution is 2.35. The van der Waals surface area contributed by atoms with Crippen LogP contribution in [0.3, 0.4) is 0 Å². The number of hydrogen-bond acceptors (Lipinski definition) is 7. The average molecular weight is 577 g/mol. The minimum Gasteiger partial charge on any atom is -0.325 e. The summed E-state index contributed by atoms with van der Waals surface area (Å²) >= 11 is 6.12. The molecule has 0 aliphatic carbocycles. The Morgan fingerprint density at radius 2 is 1.80 bits per heavy atom. The Labute approximate surface area is 236 Å². The lowest BCUT2D eigenvalue weighted by Gasteiger charge is -2.14. The van der Waals surface area contributed by atoms with Crippen molar-refractivity contribution in [1.29, 1.82) is 0 Å². The number of benzene rings is 3. The molecule has 2 amide bonds. The van der Waals surface area contributed by atoms with Gasteiger partial charge < -0.3 is 16.0 Å². The van der Waals surface area contributed by atoms with Gasteiger partial charge in [0.25, 0.3) is 5.91 Å². The molecule has 1 aliphatic heterocycles. The molecule has 0 fully saturated rings. The van der Waals surface area contributed by atoms with E-state index in [1.807, 2.05) is 0 Å². The summed E-state index contributed by atoms with van der Waals surface area (Å²) in [6.07, 6.45) is 1.75. The van der Waals surface area contributed by atoms with Crippen LogP contribution in [-0.2, 0) is 21.2 Å². The van der Waals surface area contributed by atoms with Crippen LogP contribution in [0.5, 0.6) is 0 Å². The summed E-state index contributed by atoms with van der Waals surface area (Å²) in [5.41, 5.74) is 4.78. The van der Waals surface area contributed by atoms with Gasteiger partial charge in [0.2, 0.25) is 21.9 Å². The first-order valence-corrected chi connectivity index (χ1v) is 14.0. The number of nitrogens with one attached hydrogen (secondary N) is 3. The van der Waals surface area contributed by atoms with E-state index in [1.54, 1.807) is 61.7 Å². The number of rotatable bonds is 6. The van der Waals surface area contributed by atoms with Crippen molar-refractivity contribution in [2.45, 2.75) is 18.2 Å². The van der Waals surface area contributed by atoms with Gasteiger partial charge in [0, 0.05) is 53.4 Å². The van der Waals surface area contributed by atoms with E-state index in [1.165, 1.54) is 26.2 Å². The number of halogens is 1. The first-order chi connectivity index (χ1) is 19.0. The largest absolute Gasteiger partial charge is 0.325 e. The van der Waals surface area contributed by atoms with E-state index >= 15 is 0 Å². The van der Waals surface area contributed by atoms with Gasteiger partial charge in [-0.05, 0) is 67.1 Å². The van der Waals surface area contributed by atoms with Crippen LogP contribution in [0.1, 0.15) is 21.5 Å². The Morgan fingerprint density at radius 1 is 1.05 bits per heavy atom. The second-order valence-electron chi connectivity index (χ2n) is 9.40. The lowest BCUT2D eigenvalue weighted by Crippen LogP contribution is -2.22. The molecule has 40 heavy (non-hydrogen) atoms. The van der Waals surface area contributed by atoms with Crippen molar-refractivity contribution in [1.82, 2.24) is 14.3 Å².